The zero-order valence-corrected chi connectivity index (χ0v) is 12.7. The summed E-state index contributed by atoms with van der Waals surface area (Å²) in [5, 5.41) is 2.77. The van der Waals surface area contributed by atoms with Crippen LogP contribution in [0.3, 0.4) is 0 Å². The third-order valence-electron chi connectivity index (χ3n) is 3.55. The van der Waals surface area contributed by atoms with E-state index in [1.807, 2.05) is 13.8 Å². The van der Waals surface area contributed by atoms with Crippen molar-refractivity contribution in [2.75, 3.05) is 6.54 Å². The van der Waals surface area contributed by atoms with E-state index >= 15 is 0 Å². The maximum atomic E-state index is 11.7. The zero-order chi connectivity index (χ0) is 14.8. The van der Waals surface area contributed by atoms with Crippen LogP contribution < -0.4 is 5.32 Å². The van der Waals surface area contributed by atoms with Gasteiger partial charge in [-0.1, -0.05) is 33.1 Å². The van der Waals surface area contributed by atoms with Crippen LogP contribution in [0.1, 0.15) is 65.2 Å². The molecular formula is C15H27NO4. The van der Waals surface area contributed by atoms with E-state index in [0.717, 1.165) is 6.42 Å². The molecule has 5 heteroatoms. The number of ether oxygens (including phenoxy) is 2. The molecule has 20 heavy (non-hydrogen) atoms. The molecule has 0 aromatic carbocycles. The maximum absolute atomic E-state index is 11.7. The van der Waals surface area contributed by atoms with Crippen LogP contribution in [0.15, 0.2) is 0 Å². The molecule has 1 N–H and O–H groups in total. The van der Waals surface area contributed by atoms with E-state index in [-0.39, 0.29) is 5.97 Å². The van der Waals surface area contributed by atoms with Crippen LogP contribution in [0.2, 0.25) is 0 Å². The lowest BCUT2D eigenvalue weighted by atomic mass is 9.89. The molecule has 1 aliphatic rings. The molecule has 0 heterocycles. The van der Waals surface area contributed by atoms with Crippen LogP contribution in [0.25, 0.3) is 0 Å². The number of amides is 1. The van der Waals surface area contributed by atoms with Crippen molar-refractivity contribution in [3.05, 3.63) is 0 Å². The molecule has 0 radical (unpaired) electrons. The summed E-state index contributed by atoms with van der Waals surface area (Å²) >= 11 is 0. The standard InChI is InChI=1S/C15H27NO4/c1-3-8-13(17)19-14(4-2)20-15(18)16-11-12-9-6-5-7-10-12/h12,14H,3-11H2,1-2H3,(H,16,18). The Kier molecular flexibility index (Phi) is 8.07. The Morgan fingerprint density at radius 2 is 1.85 bits per heavy atom. The first-order valence-electron chi connectivity index (χ1n) is 7.79. The minimum atomic E-state index is -0.777. The molecule has 0 saturated heterocycles. The fourth-order valence-electron chi connectivity index (χ4n) is 2.38. The molecule has 5 nitrogen and oxygen atoms in total. The first kappa shape index (κ1) is 16.8. The predicted molar refractivity (Wildman–Crippen MR) is 76.1 cm³/mol. The van der Waals surface area contributed by atoms with E-state index in [9.17, 15) is 9.59 Å². The van der Waals surface area contributed by atoms with Crippen molar-refractivity contribution in [3.63, 3.8) is 0 Å². The monoisotopic (exact) mass is 285 g/mol. The van der Waals surface area contributed by atoms with E-state index < -0.39 is 12.4 Å². The lowest BCUT2D eigenvalue weighted by Crippen LogP contribution is -2.34. The summed E-state index contributed by atoms with van der Waals surface area (Å²) in [4.78, 5) is 23.0. The van der Waals surface area contributed by atoms with Crippen molar-refractivity contribution >= 4 is 12.1 Å². The molecule has 1 rings (SSSR count). The summed E-state index contributed by atoms with van der Waals surface area (Å²) in [5.41, 5.74) is 0. The fraction of sp³-hybridized carbons (Fsp3) is 0.867. The van der Waals surface area contributed by atoms with Gasteiger partial charge in [0.25, 0.3) is 0 Å². The van der Waals surface area contributed by atoms with Gasteiger partial charge in [-0.2, -0.15) is 0 Å². The molecule has 0 aliphatic heterocycles. The van der Waals surface area contributed by atoms with Crippen LogP contribution in [-0.4, -0.2) is 24.9 Å². The number of carbonyl (C=O) groups excluding carboxylic acids is 2. The van der Waals surface area contributed by atoms with Gasteiger partial charge in [-0.05, 0) is 25.2 Å². The van der Waals surface area contributed by atoms with Gasteiger partial charge < -0.3 is 14.8 Å². The number of alkyl carbamates (subject to hydrolysis) is 1. The Morgan fingerprint density at radius 1 is 1.15 bits per heavy atom. The van der Waals surface area contributed by atoms with Gasteiger partial charge >= 0.3 is 12.1 Å². The summed E-state index contributed by atoms with van der Waals surface area (Å²) in [6.45, 7) is 4.37. The van der Waals surface area contributed by atoms with Gasteiger partial charge in [0, 0.05) is 19.4 Å². The topological polar surface area (TPSA) is 64.6 Å². The summed E-state index contributed by atoms with van der Waals surface area (Å²) in [5.74, 6) is 0.235. The van der Waals surface area contributed by atoms with E-state index in [1.54, 1.807) is 0 Å². The number of hydrogen-bond acceptors (Lipinski definition) is 4. The van der Waals surface area contributed by atoms with Crippen LogP contribution >= 0.6 is 0 Å². The fourth-order valence-corrected chi connectivity index (χ4v) is 2.38. The number of esters is 1. The van der Waals surface area contributed by atoms with Crippen LogP contribution in [-0.2, 0) is 14.3 Å². The summed E-state index contributed by atoms with van der Waals surface area (Å²) < 4.78 is 10.2. The van der Waals surface area contributed by atoms with Crippen LogP contribution in [0, 0.1) is 5.92 Å². The molecular weight excluding hydrogens is 258 g/mol. The summed E-state index contributed by atoms with van der Waals surface area (Å²) in [6, 6.07) is 0. The Labute approximate surface area is 121 Å². The van der Waals surface area contributed by atoms with Crippen molar-refractivity contribution in [2.45, 2.75) is 71.5 Å². The molecule has 0 spiro atoms. The van der Waals surface area contributed by atoms with Crippen molar-refractivity contribution in [2.24, 2.45) is 5.92 Å². The molecule has 0 aromatic heterocycles. The number of hydrogen-bond donors (Lipinski definition) is 1. The van der Waals surface area contributed by atoms with Crippen molar-refractivity contribution in [1.82, 2.24) is 5.32 Å². The Morgan fingerprint density at radius 3 is 2.45 bits per heavy atom. The van der Waals surface area contributed by atoms with Crippen LogP contribution in [0.4, 0.5) is 4.79 Å². The average molecular weight is 285 g/mol. The minimum Gasteiger partial charge on any atom is -0.425 e. The molecule has 1 unspecified atom stereocenters. The number of carbonyl (C=O) groups is 2. The Bertz CT molecular complexity index is 300. The highest BCUT2D eigenvalue weighted by Gasteiger charge is 2.18. The minimum absolute atomic E-state index is 0.320. The second-order valence-corrected chi connectivity index (χ2v) is 5.37. The second kappa shape index (κ2) is 9.61. The highest BCUT2D eigenvalue weighted by atomic mass is 16.7. The Balaban J connectivity index is 2.22. The highest BCUT2D eigenvalue weighted by molar-refractivity contribution is 5.70. The molecule has 1 amide bonds. The third-order valence-corrected chi connectivity index (χ3v) is 3.55. The smallest absolute Gasteiger partial charge is 0.410 e. The first-order valence-corrected chi connectivity index (χ1v) is 7.79. The van der Waals surface area contributed by atoms with Crippen molar-refractivity contribution in [1.29, 1.82) is 0 Å². The third kappa shape index (κ3) is 6.78. The van der Waals surface area contributed by atoms with E-state index in [1.165, 1.54) is 32.1 Å². The molecule has 0 aromatic rings. The van der Waals surface area contributed by atoms with Gasteiger partial charge in [-0.25, -0.2) is 4.79 Å². The zero-order valence-electron chi connectivity index (χ0n) is 12.7. The lowest BCUT2D eigenvalue weighted by Gasteiger charge is -2.22. The van der Waals surface area contributed by atoms with Gasteiger partial charge in [0.05, 0.1) is 0 Å². The normalized spacial score (nSPS) is 17.3. The maximum Gasteiger partial charge on any atom is 0.410 e. The van der Waals surface area contributed by atoms with Crippen molar-refractivity contribution in [3.8, 4) is 0 Å². The molecule has 1 atom stereocenters. The predicted octanol–water partition coefficient (Wildman–Crippen LogP) is 3.37. The molecule has 1 aliphatic carbocycles. The highest BCUT2D eigenvalue weighted by Crippen LogP contribution is 2.22. The summed E-state index contributed by atoms with van der Waals surface area (Å²) in [6.07, 6.45) is 6.39. The van der Waals surface area contributed by atoms with Gasteiger partial charge in [-0.3, -0.25) is 4.79 Å². The second-order valence-electron chi connectivity index (χ2n) is 5.37. The quantitative estimate of drug-likeness (QED) is 0.575. The summed E-state index contributed by atoms with van der Waals surface area (Å²) in [7, 11) is 0. The molecule has 1 fully saturated rings. The molecule has 1 saturated carbocycles. The van der Waals surface area contributed by atoms with Gasteiger partial charge in [-0.15, -0.1) is 0 Å². The van der Waals surface area contributed by atoms with Crippen molar-refractivity contribution < 1.29 is 19.1 Å². The van der Waals surface area contributed by atoms with E-state index in [4.69, 9.17) is 9.47 Å². The van der Waals surface area contributed by atoms with Gasteiger partial charge in [0.15, 0.2) is 0 Å². The van der Waals surface area contributed by atoms with E-state index in [0.29, 0.717) is 25.3 Å². The molecule has 0 bridgehead atoms. The Hall–Kier alpha value is -1.26. The lowest BCUT2D eigenvalue weighted by molar-refractivity contribution is -0.168. The number of nitrogens with one attached hydrogen (secondary N) is 1. The van der Waals surface area contributed by atoms with E-state index in [2.05, 4.69) is 5.32 Å². The SMILES string of the molecule is CCCC(=O)OC(CC)OC(=O)NCC1CCCCC1. The largest absolute Gasteiger partial charge is 0.425 e. The average Bonchev–Trinajstić information content (AvgIpc) is 2.45. The van der Waals surface area contributed by atoms with Gasteiger partial charge in [0.1, 0.15) is 0 Å². The van der Waals surface area contributed by atoms with Gasteiger partial charge in [0.2, 0.25) is 6.29 Å². The number of rotatable bonds is 7. The first-order chi connectivity index (χ1) is 9.65. The van der Waals surface area contributed by atoms with Crippen LogP contribution in [0.5, 0.6) is 0 Å². The molecule has 116 valence electrons.